The van der Waals surface area contributed by atoms with Crippen LogP contribution >= 0.6 is 11.8 Å². The van der Waals surface area contributed by atoms with Crippen LogP contribution in [-0.2, 0) is 14.3 Å². The number of amides is 1. The summed E-state index contributed by atoms with van der Waals surface area (Å²) in [6.45, 7) is 3.32. The molecule has 0 spiro atoms. The number of rotatable bonds is 7. The molecule has 6 heteroatoms. The van der Waals surface area contributed by atoms with Gasteiger partial charge < -0.3 is 14.8 Å². The predicted octanol–water partition coefficient (Wildman–Crippen LogP) is 3.59. The van der Waals surface area contributed by atoms with E-state index in [0.717, 1.165) is 16.0 Å². The van der Waals surface area contributed by atoms with Crippen molar-refractivity contribution >= 4 is 29.3 Å². The highest BCUT2D eigenvalue weighted by atomic mass is 32.2. The van der Waals surface area contributed by atoms with Crippen molar-refractivity contribution in [2.75, 3.05) is 24.8 Å². The van der Waals surface area contributed by atoms with Crippen LogP contribution in [0.5, 0.6) is 5.75 Å². The Balaban J connectivity index is 1.78. The topological polar surface area (TPSA) is 64.6 Å². The summed E-state index contributed by atoms with van der Waals surface area (Å²) in [6.07, 6.45) is 1.93. The maximum absolute atomic E-state index is 11.9. The number of hydrogen-bond acceptors (Lipinski definition) is 5. The first-order chi connectivity index (χ1) is 12.0. The Labute approximate surface area is 151 Å². The highest BCUT2D eigenvalue weighted by molar-refractivity contribution is 7.98. The molecule has 0 atom stereocenters. The van der Waals surface area contributed by atoms with Crippen molar-refractivity contribution in [2.24, 2.45) is 0 Å². The lowest BCUT2D eigenvalue weighted by atomic mass is 10.1. The lowest BCUT2D eigenvalue weighted by Gasteiger charge is -2.10. The highest BCUT2D eigenvalue weighted by Crippen LogP contribution is 2.24. The molecule has 0 unspecified atom stereocenters. The number of thioether (sulfide) groups is 1. The van der Waals surface area contributed by atoms with Crippen molar-refractivity contribution in [1.29, 1.82) is 0 Å². The molecule has 0 saturated heterocycles. The van der Waals surface area contributed by atoms with Crippen LogP contribution in [-0.4, -0.2) is 31.3 Å². The number of carbonyl (C=O) groups excluding carboxylic acids is 2. The summed E-state index contributed by atoms with van der Waals surface area (Å²) in [6, 6.07) is 13.1. The van der Waals surface area contributed by atoms with E-state index in [1.165, 1.54) is 11.8 Å². The average Bonchev–Trinajstić information content (AvgIpc) is 2.58. The zero-order valence-corrected chi connectivity index (χ0v) is 15.3. The molecular formula is C19H21NO4S. The summed E-state index contributed by atoms with van der Waals surface area (Å²) < 4.78 is 10.4. The van der Waals surface area contributed by atoms with E-state index in [0.29, 0.717) is 11.4 Å². The van der Waals surface area contributed by atoms with Crippen LogP contribution in [0.1, 0.15) is 11.1 Å². The van der Waals surface area contributed by atoms with Gasteiger partial charge in [0.25, 0.3) is 5.91 Å². The molecular weight excluding hydrogens is 338 g/mol. The SMILES string of the molecule is CSc1ccccc1NC(=O)COC(=O)COc1cc(C)cc(C)c1. The summed E-state index contributed by atoms with van der Waals surface area (Å²) in [7, 11) is 0. The quantitative estimate of drug-likeness (QED) is 0.605. The third kappa shape index (κ3) is 6.15. The van der Waals surface area contributed by atoms with E-state index in [-0.39, 0.29) is 19.1 Å². The summed E-state index contributed by atoms with van der Waals surface area (Å²) in [5.41, 5.74) is 2.80. The first kappa shape index (κ1) is 18.9. The van der Waals surface area contributed by atoms with Gasteiger partial charge in [-0.25, -0.2) is 4.79 Å². The van der Waals surface area contributed by atoms with E-state index in [1.807, 2.05) is 56.5 Å². The third-order valence-corrected chi connectivity index (χ3v) is 4.09. The van der Waals surface area contributed by atoms with E-state index in [4.69, 9.17) is 9.47 Å². The van der Waals surface area contributed by atoms with E-state index in [9.17, 15) is 9.59 Å². The number of esters is 1. The fraction of sp³-hybridized carbons (Fsp3) is 0.263. The number of para-hydroxylation sites is 1. The van der Waals surface area contributed by atoms with Crippen molar-refractivity contribution in [3.05, 3.63) is 53.6 Å². The Morgan fingerprint density at radius 2 is 1.72 bits per heavy atom. The van der Waals surface area contributed by atoms with Crippen LogP contribution in [0.3, 0.4) is 0 Å². The van der Waals surface area contributed by atoms with Gasteiger partial charge >= 0.3 is 5.97 Å². The van der Waals surface area contributed by atoms with Gasteiger partial charge in [-0.05, 0) is 55.5 Å². The van der Waals surface area contributed by atoms with Crippen LogP contribution in [0, 0.1) is 13.8 Å². The maximum atomic E-state index is 11.9. The first-order valence-corrected chi connectivity index (χ1v) is 9.00. The largest absolute Gasteiger partial charge is 0.482 e. The lowest BCUT2D eigenvalue weighted by molar-refractivity contribution is -0.149. The molecule has 0 saturated carbocycles. The number of anilines is 1. The second-order valence-electron chi connectivity index (χ2n) is 5.52. The minimum Gasteiger partial charge on any atom is -0.482 e. The van der Waals surface area contributed by atoms with Crippen LogP contribution < -0.4 is 10.1 Å². The molecule has 1 amide bonds. The molecule has 0 fully saturated rings. The third-order valence-electron chi connectivity index (χ3n) is 3.30. The highest BCUT2D eigenvalue weighted by Gasteiger charge is 2.10. The summed E-state index contributed by atoms with van der Waals surface area (Å²) in [5.74, 6) is -0.374. The van der Waals surface area contributed by atoms with Gasteiger partial charge in [0.1, 0.15) is 5.75 Å². The Hall–Kier alpha value is -2.47. The van der Waals surface area contributed by atoms with Gasteiger partial charge in [-0.1, -0.05) is 18.2 Å². The van der Waals surface area contributed by atoms with Crippen molar-refractivity contribution < 1.29 is 19.1 Å². The number of hydrogen-bond donors (Lipinski definition) is 1. The monoisotopic (exact) mass is 359 g/mol. The second-order valence-corrected chi connectivity index (χ2v) is 6.37. The molecule has 0 aliphatic carbocycles. The molecule has 1 N–H and O–H groups in total. The standard InChI is InChI=1S/C19H21NO4S/c1-13-8-14(2)10-15(9-13)23-12-19(22)24-11-18(21)20-16-6-4-5-7-17(16)25-3/h4-10H,11-12H2,1-3H3,(H,20,21). The van der Waals surface area contributed by atoms with Gasteiger partial charge in [0.2, 0.25) is 0 Å². The van der Waals surface area contributed by atoms with Crippen LogP contribution in [0.4, 0.5) is 5.69 Å². The second kappa shape index (κ2) is 9.13. The van der Waals surface area contributed by atoms with Gasteiger partial charge in [0.05, 0.1) is 5.69 Å². The van der Waals surface area contributed by atoms with E-state index in [1.54, 1.807) is 6.07 Å². The van der Waals surface area contributed by atoms with Gasteiger partial charge in [0.15, 0.2) is 13.2 Å². The zero-order valence-electron chi connectivity index (χ0n) is 14.5. The Morgan fingerprint density at radius 3 is 2.40 bits per heavy atom. The van der Waals surface area contributed by atoms with E-state index in [2.05, 4.69) is 5.32 Å². The van der Waals surface area contributed by atoms with Crippen molar-refractivity contribution in [3.8, 4) is 5.75 Å². The number of benzene rings is 2. The number of nitrogens with one attached hydrogen (secondary N) is 1. The minimum atomic E-state index is -0.590. The Kier molecular flexibility index (Phi) is 6.89. The minimum absolute atomic E-state index is 0.239. The predicted molar refractivity (Wildman–Crippen MR) is 99.2 cm³/mol. The molecule has 0 aliphatic heterocycles. The first-order valence-electron chi connectivity index (χ1n) is 7.77. The van der Waals surface area contributed by atoms with Gasteiger partial charge in [-0.3, -0.25) is 4.79 Å². The molecule has 132 valence electrons. The van der Waals surface area contributed by atoms with E-state index < -0.39 is 5.97 Å². The molecule has 2 aromatic rings. The van der Waals surface area contributed by atoms with Crippen molar-refractivity contribution in [3.63, 3.8) is 0 Å². The molecule has 2 rings (SSSR count). The van der Waals surface area contributed by atoms with Crippen LogP contribution in [0.2, 0.25) is 0 Å². The van der Waals surface area contributed by atoms with Crippen molar-refractivity contribution in [1.82, 2.24) is 0 Å². The molecule has 25 heavy (non-hydrogen) atoms. The maximum Gasteiger partial charge on any atom is 0.344 e. The molecule has 0 aromatic heterocycles. The number of aryl methyl sites for hydroxylation is 2. The zero-order chi connectivity index (χ0) is 18.2. The lowest BCUT2D eigenvalue weighted by Crippen LogP contribution is -2.23. The number of ether oxygens (including phenoxy) is 2. The summed E-state index contributed by atoms with van der Waals surface area (Å²) in [5, 5.41) is 2.73. The van der Waals surface area contributed by atoms with Crippen LogP contribution in [0.25, 0.3) is 0 Å². The normalized spacial score (nSPS) is 10.2. The smallest absolute Gasteiger partial charge is 0.344 e. The van der Waals surface area contributed by atoms with E-state index >= 15 is 0 Å². The molecule has 0 heterocycles. The Bertz CT molecular complexity index is 741. The summed E-state index contributed by atoms with van der Waals surface area (Å²) in [4.78, 5) is 24.6. The molecule has 2 aromatic carbocycles. The van der Waals surface area contributed by atoms with Gasteiger partial charge in [0, 0.05) is 4.90 Å². The fourth-order valence-corrected chi connectivity index (χ4v) is 2.83. The molecule has 0 bridgehead atoms. The van der Waals surface area contributed by atoms with Gasteiger partial charge in [-0.15, -0.1) is 11.8 Å². The summed E-state index contributed by atoms with van der Waals surface area (Å²) >= 11 is 1.53. The molecule has 5 nitrogen and oxygen atoms in total. The van der Waals surface area contributed by atoms with Crippen molar-refractivity contribution in [2.45, 2.75) is 18.7 Å². The molecule has 0 radical (unpaired) electrons. The Morgan fingerprint density at radius 1 is 1.04 bits per heavy atom. The average molecular weight is 359 g/mol. The number of carbonyl (C=O) groups is 2. The fourth-order valence-electron chi connectivity index (χ4n) is 2.28. The molecule has 0 aliphatic rings. The van der Waals surface area contributed by atoms with Crippen LogP contribution in [0.15, 0.2) is 47.4 Å². The van der Waals surface area contributed by atoms with Gasteiger partial charge in [-0.2, -0.15) is 0 Å².